The smallest absolute Gasteiger partial charge is 0.115 e. The fourth-order valence-electron chi connectivity index (χ4n) is 0.895. The average molecular weight is 232 g/mol. The molecule has 66 valence electrons. The first kappa shape index (κ1) is 9.57. The van der Waals surface area contributed by atoms with E-state index in [1.807, 2.05) is 0 Å². The number of aromatic nitrogens is 2. The van der Waals surface area contributed by atoms with Crippen LogP contribution in [0.25, 0.3) is 0 Å². The molecular formula is C7H10BrN3O. The van der Waals surface area contributed by atoms with Crippen molar-refractivity contribution in [3.63, 3.8) is 0 Å². The molecule has 1 aromatic heterocycles. The van der Waals surface area contributed by atoms with E-state index >= 15 is 0 Å². The molecule has 1 aromatic rings. The maximum Gasteiger partial charge on any atom is 0.115 e. The number of halogens is 1. The van der Waals surface area contributed by atoms with E-state index in [1.54, 1.807) is 6.20 Å². The summed E-state index contributed by atoms with van der Waals surface area (Å²) >= 11 is 3.29. The zero-order valence-corrected chi connectivity index (χ0v) is 8.03. The minimum absolute atomic E-state index is 0.00606. The summed E-state index contributed by atoms with van der Waals surface area (Å²) in [4.78, 5) is 7.84. The van der Waals surface area contributed by atoms with Crippen LogP contribution in [-0.2, 0) is 0 Å². The lowest BCUT2D eigenvalue weighted by Gasteiger charge is -2.11. The van der Waals surface area contributed by atoms with E-state index < -0.39 is 0 Å². The Kier molecular flexibility index (Phi) is 3.58. The maximum atomic E-state index is 8.94. The molecule has 1 rings (SSSR count). The first-order chi connectivity index (χ1) is 5.79. The molecule has 5 heteroatoms. The normalized spacial score (nSPS) is 12.9. The number of nitrogens with zero attached hydrogens (tertiary/aromatic N) is 2. The molecule has 0 aliphatic heterocycles. The lowest BCUT2D eigenvalue weighted by molar-refractivity contribution is 0.265. The van der Waals surface area contributed by atoms with E-state index in [1.165, 1.54) is 6.33 Å². The van der Waals surface area contributed by atoms with Crippen molar-refractivity contribution < 1.29 is 5.11 Å². The van der Waals surface area contributed by atoms with Gasteiger partial charge in [-0.2, -0.15) is 0 Å². The third kappa shape index (κ3) is 2.00. The molecule has 0 aliphatic rings. The monoisotopic (exact) mass is 231 g/mol. The molecular weight excluding hydrogens is 222 g/mol. The van der Waals surface area contributed by atoms with Gasteiger partial charge in [-0.3, -0.25) is 0 Å². The standard InChI is InChI=1S/C7H10BrN3O/c8-6-2-10-4-11-7(6)5(1-9)3-12/h2,4-5,12H,1,3,9H2. The summed E-state index contributed by atoms with van der Waals surface area (Å²) in [6.07, 6.45) is 3.08. The molecule has 0 saturated carbocycles. The van der Waals surface area contributed by atoms with Gasteiger partial charge in [-0.15, -0.1) is 0 Å². The van der Waals surface area contributed by atoms with Crippen LogP contribution in [0.5, 0.6) is 0 Å². The second-order valence-electron chi connectivity index (χ2n) is 2.37. The second kappa shape index (κ2) is 4.49. The first-order valence-corrected chi connectivity index (χ1v) is 4.35. The minimum Gasteiger partial charge on any atom is -0.396 e. The molecule has 0 amide bonds. The Morgan fingerprint density at radius 2 is 2.42 bits per heavy atom. The zero-order valence-electron chi connectivity index (χ0n) is 6.44. The Balaban J connectivity index is 2.92. The maximum absolute atomic E-state index is 8.94. The molecule has 0 bridgehead atoms. The van der Waals surface area contributed by atoms with Gasteiger partial charge in [-0.05, 0) is 15.9 Å². The molecule has 0 aromatic carbocycles. The van der Waals surface area contributed by atoms with Crippen molar-refractivity contribution in [2.75, 3.05) is 13.2 Å². The van der Waals surface area contributed by atoms with Crippen molar-refractivity contribution in [1.82, 2.24) is 9.97 Å². The molecule has 0 aliphatic carbocycles. The average Bonchev–Trinajstić information content (AvgIpc) is 2.10. The topological polar surface area (TPSA) is 72.0 Å². The Bertz CT molecular complexity index is 252. The number of rotatable bonds is 3. The predicted octanol–water partition coefficient (Wildman–Crippen LogP) is 0.274. The van der Waals surface area contributed by atoms with Gasteiger partial charge in [-0.25, -0.2) is 9.97 Å². The SMILES string of the molecule is NCC(CO)c1ncncc1Br. The van der Waals surface area contributed by atoms with Crippen LogP contribution in [0.1, 0.15) is 11.6 Å². The summed E-state index contributed by atoms with van der Waals surface area (Å²) in [5.41, 5.74) is 6.20. The van der Waals surface area contributed by atoms with Crippen molar-refractivity contribution >= 4 is 15.9 Å². The van der Waals surface area contributed by atoms with Gasteiger partial charge in [0.15, 0.2) is 0 Å². The number of aliphatic hydroxyl groups excluding tert-OH is 1. The van der Waals surface area contributed by atoms with Crippen LogP contribution in [0.15, 0.2) is 17.0 Å². The number of nitrogens with two attached hydrogens (primary N) is 1. The molecule has 1 heterocycles. The van der Waals surface area contributed by atoms with Crippen LogP contribution in [0.3, 0.4) is 0 Å². The highest BCUT2D eigenvalue weighted by Crippen LogP contribution is 2.19. The molecule has 4 nitrogen and oxygen atoms in total. The predicted molar refractivity (Wildman–Crippen MR) is 48.6 cm³/mol. The van der Waals surface area contributed by atoms with Gasteiger partial charge >= 0.3 is 0 Å². The fourth-order valence-corrected chi connectivity index (χ4v) is 1.44. The highest BCUT2D eigenvalue weighted by molar-refractivity contribution is 9.10. The molecule has 3 N–H and O–H groups in total. The number of hydrogen-bond acceptors (Lipinski definition) is 4. The van der Waals surface area contributed by atoms with Crippen LogP contribution < -0.4 is 5.73 Å². The second-order valence-corrected chi connectivity index (χ2v) is 3.23. The van der Waals surface area contributed by atoms with Gasteiger partial charge in [-0.1, -0.05) is 0 Å². The van der Waals surface area contributed by atoms with Crippen molar-refractivity contribution in [1.29, 1.82) is 0 Å². The highest BCUT2D eigenvalue weighted by Gasteiger charge is 2.12. The molecule has 0 radical (unpaired) electrons. The molecule has 0 fully saturated rings. The summed E-state index contributed by atoms with van der Waals surface area (Å²) < 4.78 is 0.787. The van der Waals surface area contributed by atoms with E-state index in [0.29, 0.717) is 6.54 Å². The van der Waals surface area contributed by atoms with Crippen LogP contribution in [0.4, 0.5) is 0 Å². The van der Waals surface area contributed by atoms with Crippen LogP contribution in [-0.4, -0.2) is 28.2 Å². The van der Waals surface area contributed by atoms with Crippen LogP contribution in [0, 0.1) is 0 Å². The first-order valence-electron chi connectivity index (χ1n) is 3.56. The largest absolute Gasteiger partial charge is 0.396 e. The molecule has 0 saturated heterocycles. The van der Waals surface area contributed by atoms with E-state index in [0.717, 1.165) is 10.2 Å². The number of aliphatic hydroxyl groups is 1. The zero-order chi connectivity index (χ0) is 8.97. The molecule has 1 unspecified atom stereocenters. The van der Waals surface area contributed by atoms with E-state index in [-0.39, 0.29) is 12.5 Å². The molecule has 1 atom stereocenters. The highest BCUT2D eigenvalue weighted by atomic mass is 79.9. The summed E-state index contributed by atoms with van der Waals surface area (Å²) in [7, 11) is 0. The van der Waals surface area contributed by atoms with Gasteiger partial charge < -0.3 is 10.8 Å². The Labute approximate surface area is 79.0 Å². The van der Waals surface area contributed by atoms with Gasteiger partial charge in [0.25, 0.3) is 0 Å². The van der Waals surface area contributed by atoms with Crippen molar-refractivity contribution in [3.05, 3.63) is 22.7 Å². The van der Waals surface area contributed by atoms with Gasteiger partial charge in [0.05, 0.1) is 16.8 Å². The van der Waals surface area contributed by atoms with Crippen molar-refractivity contribution in [2.24, 2.45) is 5.73 Å². The third-order valence-electron chi connectivity index (χ3n) is 1.59. The van der Waals surface area contributed by atoms with E-state index in [2.05, 4.69) is 25.9 Å². The Morgan fingerprint density at radius 1 is 1.67 bits per heavy atom. The van der Waals surface area contributed by atoms with Crippen LogP contribution >= 0.6 is 15.9 Å². The lowest BCUT2D eigenvalue weighted by Crippen LogP contribution is -2.17. The van der Waals surface area contributed by atoms with Crippen molar-refractivity contribution in [3.8, 4) is 0 Å². The van der Waals surface area contributed by atoms with Crippen molar-refractivity contribution in [2.45, 2.75) is 5.92 Å². The summed E-state index contributed by atoms with van der Waals surface area (Å²) in [6.45, 7) is 0.387. The molecule has 12 heavy (non-hydrogen) atoms. The third-order valence-corrected chi connectivity index (χ3v) is 2.20. The fraction of sp³-hybridized carbons (Fsp3) is 0.429. The van der Waals surface area contributed by atoms with E-state index in [4.69, 9.17) is 10.8 Å². The summed E-state index contributed by atoms with van der Waals surface area (Å²) in [5.74, 6) is -0.109. The Morgan fingerprint density at radius 3 is 2.92 bits per heavy atom. The van der Waals surface area contributed by atoms with Crippen LogP contribution in [0.2, 0.25) is 0 Å². The van der Waals surface area contributed by atoms with E-state index in [9.17, 15) is 0 Å². The minimum atomic E-state index is -0.109. The number of hydrogen-bond donors (Lipinski definition) is 2. The molecule has 0 spiro atoms. The van der Waals surface area contributed by atoms with Gasteiger partial charge in [0.2, 0.25) is 0 Å². The quantitative estimate of drug-likeness (QED) is 0.784. The van der Waals surface area contributed by atoms with Gasteiger partial charge in [0, 0.05) is 18.7 Å². The Hall–Kier alpha value is -0.520. The summed E-state index contributed by atoms with van der Waals surface area (Å²) in [6, 6.07) is 0. The lowest BCUT2D eigenvalue weighted by atomic mass is 10.1. The summed E-state index contributed by atoms with van der Waals surface area (Å²) in [5, 5.41) is 8.94. The van der Waals surface area contributed by atoms with Gasteiger partial charge in [0.1, 0.15) is 6.33 Å².